The molecule has 9 nitrogen and oxygen atoms in total. The fraction of sp³-hybridized carbons (Fsp3) is 0.364. The van der Waals surface area contributed by atoms with Crippen molar-refractivity contribution in [2.45, 2.75) is 11.8 Å². The number of benzene rings is 2. The Bertz CT molecular complexity index is 1290. The SMILES string of the molecule is CCOc1ccc(S(=O)(=O)N2CCN(C)CC2)cc1-c1ncc2c(O)cc(OC)c(Cl)c2n1. The number of aromatic hydroxyl groups is 1. The number of sulfonamides is 1. The molecule has 0 amide bonds. The van der Waals surface area contributed by atoms with Crippen molar-refractivity contribution in [1.29, 1.82) is 0 Å². The summed E-state index contributed by atoms with van der Waals surface area (Å²) in [6, 6.07) is 6.06. The molecule has 176 valence electrons. The van der Waals surface area contributed by atoms with Gasteiger partial charge in [0.2, 0.25) is 10.0 Å². The summed E-state index contributed by atoms with van der Waals surface area (Å²) in [6.45, 7) is 4.38. The highest BCUT2D eigenvalue weighted by Crippen LogP contribution is 2.39. The largest absolute Gasteiger partial charge is 0.507 e. The number of phenolic OH excluding ortho intramolecular Hbond substituents is 1. The van der Waals surface area contributed by atoms with Crippen molar-refractivity contribution in [2.24, 2.45) is 0 Å². The van der Waals surface area contributed by atoms with Crippen LogP contribution in [-0.2, 0) is 10.0 Å². The Morgan fingerprint density at radius 3 is 2.55 bits per heavy atom. The molecule has 0 aliphatic carbocycles. The van der Waals surface area contributed by atoms with Gasteiger partial charge >= 0.3 is 0 Å². The van der Waals surface area contributed by atoms with Gasteiger partial charge in [-0.25, -0.2) is 18.4 Å². The maximum atomic E-state index is 13.3. The summed E-state index contributed by atoms with van der Waals surface area (Å²) in [7, 11) is -0.301. The van der Waals surface area contributed by atoms with Crippen LogP contribution in [0.4, 0.5) is 0 Å². The Kier molecular flexibility index (Phi) is 6.62. The van der Waals surface area contributed by atoms with E-state index in [2.05, 4.69) is 14.9 Å². The van der Waals surface area contributed by atoms with Crippen LogP contribution in [0.3, 0.4) is 0 Å². The minimum Gasteiger partial charge on any atom is -0.507 e. The number of phenols is 1. The summed E-state index contributed by atoms with van der Waals surface area (Å²) in [5.74, 6) is 0.852. The predicted molar refractivity (Wildman–Crippen MR) is 126 cm³/mol. The van der Waals surface area contributed by atoms with E-state index in [0.29, 0.717) is 49.5 Å². The maximum Gasteiger partial charge on any atom is 0.243 e. The predicted octanol–water partition coefficient (Wildman–Crippen LogP) is 3.00. The average Bonchev–Trinajstić information content (AvgIpc) is 2.81. The van der Waals surface area contributed by atoms with Crippen molar-refractivity contribution in [3.63, 3.8) is 0 Å². The van der Waals surface area contributed by atoms with E-state index in [-0.39, 0.29) is 32.8 Å². The van der Waals surface area contributed by atoms with Crippen molar-refractivity contribution in [3.05, 3.63) is 35.5 Å². The minimum absolute atomic E-state index is 0.0748. The van der Waals surface area contributed by atoms with Gasteiger partial charge in [0.1, 0.15) is 27.8 Å². The third kappa shape index (κ3) is 4.43. The van der Waals surface area contributed by atoms with Crippen LogP contribution >= 0.6 is 11.6 Å². The lowest BCUT2D eigenvalue weighted by molar-refractivity contribution is 0.222. The third-order valence-corrected chi connectivity index (χ3v) is 7.83. The average molecular weight is 493 g/mol. The molecule has 1 aliphatic rings. The quantitative estimate of drug-likeness (QED) is 0.560. The van der Waals surface area contributed by atoms with Gasteiger partial charge in [0.05, 0.1) is 29.6 Å². The molecule has 11 heteroatoms. The van der Waals surface area contributed by atoms with Crippen molar-refractivity contribution in [1.82, 2.24) is 19.2 Å². The molecule has 0 saturated carbocycles. The molecule has 0 unspecified atom stereocenters. The van der Waals surface area contributed by atoms with Crippen molar-refractivity contribution in [3.8, 4) is 28.6 Å². The number of rotatable bonds is 6. The fourth-order valence-corrected chi connectivity index (χ4v) is 5.42. The number of ether oxygens (including phenoxy) is 2. The number of nitrogens with zero attached hydrogens (tertiary/aromatic N) is 4. The maximum absolute atomic E-state index is 13.3. The zero-order chi connectivity index (χ0) is 23.8. The van der Waals surface area contributed by atoms with Crippen LogP contribution in [0.1, 0.15) is 6.92 Å². The summed E-state index contributed by atoms with van der Waals surface area (Å²) >= 11 is 6.43. The molecule has 2 heterocycles. The Balaban J connectivity index is 1.84. The zero-order valence-electron chi connectivity index (χ0n) is 18.6. The molecule has 0 atom stereocenters. The molecule has 1 aliphatic heterocycles. The number of aromatic nitrogens is 2. The van der Waals surface area contributed by atoms with Crippen LogP contribution in [0.15, 0.2) is 35.4 Å². The first-order valence-electron chi connectivity index (χ1n) is 10.4. The highest BCUT2D eigenvalue weighted by atomic mass is 35.5. The second kappa shape index (κ2) is 9.30. The highest BCUT2D eigenvalue weighted by Gasteiger charge is 2.29. The van der Waals surface area contributed by atoms with E-state index in [1.807, 2.05) is 14.0 Å². The lowest BCUT2D eigenvalue weighted by atomic mass is 10.1. The molecule has 2 aromatic carbocycles. The first-order chi connectivity index (χ1) is 15.8. The molecule has 1 saturated heterocycles. The Morgan fingerprint density at radius 2 is 1.88 bits per heavy atom. The molecule has 33 heavy (non-hydrogen) atoms. The van der Waals surface area contributed by atoms with E-state index in [1.165, 1.54) is 35.8 Å². The van der Waals surface area contributed by atoms with Crippen molar-refractivity contribution >= 4 is 32.5 Å². The molecule has 1 fully saturated rings. The number of halogens is 1. The van der Waals surface area contributed by atoms with Gasteiger partial charge in [-0.15, -0.1) is 0 Å². The molecule has 1 aromatic heterocycles. The van der Waals surface area contributed by atoms with Gasteiger partial charge in [0.25, 0.3) is 0 Å². The standard InChI is InChI=1S/C22H25ClN4O5S/c1-4-32-18-6-5-14(33(29,30)27-9-7-26(2)8-10-27)11-15(18)22-24-13-16-17(28)12-19(31-3)20(23)21(16)25-22/h5-6,11-13,28H,4,7-10H2,1-3H3. The van der Waals surface area contributed by atoms with Crippen LogP contribution in [0.5, 0.6) is 17.2 Å². The van der Waals surface area contributed by atoms with Crippen molar-refractivity contribution < 1.29 is 23.0 Å². The van der Waals surface area contributed by atoms with Gasteiger partial charge in [-0.1, -0.05) is 11.6 Å². The molecular formula is C22H25ClN4O5S. The molecule has 3 aromatic rings. The van der Waals surface area contributed by atoms with Crippen LogP contribution in [0, 0.1) is 0 Å². The lowest BCUT2D eigenvalue weighted by Crippen LogP contribution is -2.47. The number of methoxy groups -OCH3 is 1. The van der Waals surface area contributed by atoms with E-state index in [4.69, 9.17) is 21.1 Å². The van der Waals surface area contributed by atoms with Gasteiger partial charge in [0, 0.05) is 38.4 Å². The highest BCUT2D eigenvalue weighted by molar-refractivity contribution is 7.89. The number of likely N-dealkylation sites (N-methyl/N-ethyl adjacent to an activating group) is 1. The van der Waals surface area contributed by atoms with Crippen LogP contribution < -0.4 is 9.47 Å². The second-order valence-corrected chi connectivity index (χ2v) is 9.98. The zero-order valence-corrected chi connectivity index (χ0v) is 20.1. The Labute approximate surface area is 197 Å². The summed E-state index contributed by atoms with van der Waals surface area (Å²) in [5.41, 5.74) is 0.695. The van der Waals surface area contributed by atoms with Gasteiger partial charge in [0.15, 0.2) is 5.82 Å². The van der Waals surface area contributed by atoms with Crippen molar-refractivity contribution in [2.75, 3.05) is 46.9 Å². The summed E-state index contributed by atoms with van der Waals surface area (Å²) < 4.78 is 39.0. The topological polar surface area (TPSA) is 105 Å². The third-order valence-electron chi connectivity index (χ3n) is 5.57. The first kappa shape index (κ1) is 23.5. The number of fused-ring (bicyclic) bond motifs is 1. The number of piperazine rings is 1. The van der Waals surface area contributed by atoms with Gasteiger partial charge < -0.3 is 19.5 Å². The Hall–Kier alpha value is -2.66. The fourth-order valence-electron chi connectivity index (χ4n) is 3.70. The second-order valence-electron chi connectivity index (χ2n) is 7.67. The van der Waals surface area contributed by atoms with Crippen LogP contribution in [0.25, 0.3) is 22.3 Å². The number of hydrogen-bond acceptors (Lipinski definition) is 8. The molecular weight excluding hydrogens is 468 g/mol. The first-order valence-corrected chi connectivity index (χ1v) is 12.3. The van der Waals surface area contributed by atoms with E-state index in [0.717, 1.165) is 0 Å². The van der Waals surface area contributed by atoms with Crippen LogP contribution in [-0.4, -0.2) is 79.6 Å². The van der Waals surface area contributed by atoms with Crippen LogP contribution in [0.2, 0.25) is 5.02 Å². The number of hydrogen-bond donors (Lipinski definition) is 1. The van der Waals surface area contributed by atoms with Gasteiger partial charge in [-0.2, -0.15) is 4.31 Å². The normalized spacial score (nSPS) is 15.6. The summed E-state index contributed by atoms with van der Waals surface area (Å²) in [5, 5.41) is 10.9. The molecule has 0 bridgehead atoms. The van der Waals surface area contributed by atoms with Gasteiger partial charge in [-0.3, -0.25) is 0 Å². The van der Waals surface area contributed by atoms with E-state index in [1.54, 1.807) is 6.07 Å². The van der Waals surface area contributed by atoms with E-state index in [9.17, 15) is 13.5 Å². The monoisotopic (exact) mass is 492 g/mol. The molecule has 0 radical (unpaired) electrons. The molecule has 1 N–H and O–H groups in total. The minimum atomic E-state index is -3.71. The van der Waals surface area contributed by atoms with Gasteiger partial charge in [-0.05, 0) is 32.2 Å². The molecule has 0 spiro atoms. The summed E-state index contributed by atoms with van der Waals surface area (Å²) in [6.07, 6.45) is 1.44. The molecule has 4 rings (SSSR count). The smallest absolute Gasteiger partial charge is 0.243 e. The van der Waals surface area contributed by atoms with E-state index >= 15 is 0 Å². The van der Waals surface area contributed by atoms with E-state index < -0.39 is 10.0 Å². The lowest BCUT2D eigenvalue weighted by Gasteiger charge is -2.31. The summed E-state index contributed by atoms with van der Waals surface area (Å²) in [4.78, 5) is 11.1. The Morgan fingerprint density at radius 1 is 1.15 bits per heavy atom.